The second-order valence-electron chi connectivity index (χ2n) is 5.19. The van der Waals surface area contributed by atoms with Crippen LogP contribution in [-0.2, 0) is 0 Å². The van der Waals surface area contributed by atoms with Crippen molar-refractivity contribution in [3.63, 3.8) is 0 Å². The van der Waals surface area contributed by atoms with Crippen LogP contribution in [0.5, 0.6) is 11.5 Å². The molecule has 16 heavy (non-hydrogen) atoms. The Hall–Kier alpha value is -1.22. The molecule has 0 spiro atoms. The normalized spacial score (nSPS) is 33.0. The summed E-state index contributed by atoms with van der Waals surface area (Å²) in [5, 5.41) is 9.96. The van der Waals surface area contributed by atoms with E-state index in [0.29, 0.717) is 11.8 Å². The fourth-order valence-corrected chi connectivity index (χ4v) is 2.87. The number of nitrogens with zero attached hydrogens (tertiary/aromatic N) is 1. The Morgan fingerprint density at radius 2 is 2.31 bits per heavy atom. The maximum Gasteiger partial charge on any atom is 0.128 e. The zero-order chi connectivity index (χ0) is 11.3. The number of hydrogen-bond acceptors (Lipinski definition) is 3. The molecule has 86 valence electrons. The first-order valence-electron chi connectivity index (χ1n) is 5.80. The molecule has 2 unspecified atom stereocenters. The molecule has 0 radical (unpaired) electrons. The molecule has 3 heteroatoms. The van der Waals surface area contributed by atoms with Gasteiger partial charge >= 0.3 is 0 Å². The molecule has 0 aliphatic carbocycles. The van der Waals surface area contributed by atoms with Crippen LogP contribution < -0.4 is 4.74 Å². The van der Waals surface area contributed by atoms with Crippen LogP contribution in [0.3, 0.4) is 0 Å². The molecular formula is C13H17NO2. The molecular weight excluding hydrogens is 202 g/mol. The predicted octanol–water partition coefficient (Wildman–Crippen LogP) is 2.31. The summed E-state index contributed by atoms with van der Waals surface area (Å²) >= 11 is 0. The summed E-state index contributed by atoms with van der Waals surface area (Å²) in [4.78, 5) is 2.31. The van der Waals surface area contributed by atoms with Crippen molar-refractivity contribution in [3.05, 3.63) is 23.8 Å². The highest BCUT2D eigenvalue weighted by atomic mass is 16.5. The largest absolute Gasteiger partial charge is 0.507 e. The van der Waals surface area contributed by atoms with Gasteiger partial charge in [-0.05, 0) is 32.5 Å². The Morgan fingerprint density at radius 1 is 1.50 bits per heavy atom. The highest BCUT2D eigenvalue weighted by Crippen LogP contribution is 2.49. The zero-order valence-electron chi connectivity index (χ0n) is 9.73. The van der Waals surface area contributed by atoms with Crippen molar-refractivity contribution in [2.24, 2.45) is 0 Å². The van der Waals surface area contributed by atoms with E-state index in [-0.39, 0.29) is 5.60 Å². The van der Waals surface area contributed by atoms with E-state index in [1.54, 1.807) is 6.07 Å². The SMILES string of the molecule is CN1CCC2(C)CC1c1c(O)cccc1O2. The Kier molecular flexibility index (Phi) is 1.96. The van der Waals surface area contributed by atoms with Gasteiger partial charge < -0.3 is 9.84 Å². The van der Waals surface area contributed by atoms with E-state index in [2.05, 4.69) is 18.9 Å². The summed E-state index contributed by atoms with van der Waals surface area (Å²) in [5.41, 5.74) is 0.903. The van der Waals surface area contributed by atoms with E-state index in [1.165, 1.54) is 0 Å². The first-order valence-corrected chi connectivity index (χ1v) is 5.80. The fourth-order valence-electron chi connectivity index (χ4n) is 2.87. The number of phenols is 1. The van der Waals surface area contributed by atoms with Gasteiger partial charge in [0.05, 0.1) is 5.56 Å². The average molecular weight is 219 g/mol. The van der Waals surface area contributed by atoms with Crippen molar-refractivity contribution in [2.45, 2.75) is 31.4 Å². The predicted molar refractivity (Wildman–Crippen MR) is 61.7 cm³/mol. The van der Waals surface area contributed by atoms with Crippen LogP contribution >= 0.6 is 0 Å². The van der Waals surface area contributed by atoms with Crippen molar-refractivity contribution in [2.75, 3.05) is 13.6 Å². The fraction of sp³-hybridized carbons (Fsp3) is 0.538. The molecule has 1 N–H and O–H groups in total. The van der Waals surface area contributed by atoms with Crippen molar-refractivity contribution >= 4 is 0 Å². The third-order valence-corrected chi connectivity index (χ3v) is 3.88. The standard InChI is InChI=1S/C13H17NO2/c1-13-6-7-14(2)9(8-13)12-10(15)4-3-5-11(12)16-13/h3-5,9,15H,6-8H2,1-2H3. The van der Waals surface area contributed by atoms with E-state index >= 15 is 0 Å². The van der Waals surface area contributed by atoms with Crippen molar-refractivity contribution in [3.8, 4) is 11.5 Å². The number of aromatic hydroxyl groups is 1. The van der Waals surface area contributed by atoms with Crippen LogP contribution in [0, 0.1) is 0 Å². The molecule has 2 bridgehead atoms. The molecule has 0 saturated carbocycles. The summed E-state index contributed by atoms with van der Waals surface area (Å²) in [6.07, 6.45) is 2.02. The van der Waals surface area contributed by atoms with Crippen LogP contribution in [0.4, 0.5) is 0 Å². The maximum atomic E-state index is 9.96. The lowest BCUT2D eigenvalue weighted by Crippen LogP contribution is -2.49. The van der Waals surface area contributed by atoms with Crippen molar-refractivity contribution < 1.29 is 9.84 Å². The molecule has 1 aromatic rings. The number of rotatable bonds is 0. The van der Waals surface area contributed by atoms with Crippen molar-refractivity contribution in [1.82, 2.24) is 4.90 Å². The molecule has 2 aliphatic rings. The van der Waals surface area contributed by atoms with E-state index in [9.17, 15) is 5.11 Å². The van der Waals surface area contributed by atoms with Gasteiger partial charge in [-0.15, -0.1) is 0 Å². The number of hydrogen-bond donors (Lipinski definition) is 1. The van der Waals surface area contributed by atoms with Gasteiger partial charge in [-0.1, -0.05) is 6.07 Å². The molecule has 0 amide bonds. The summed E-state index contributed by atoms with van der Waals surface area (Å²) in [5.74, 6) is 1.21. The van der Waals surface area contributed by atoms with E-state index < -0.39 is 0 Å². The first kappa shape index (κ1) is 9.97. The van der Waals surface area contributed by atoms with Gasteiger partial charge in [0.15, 0.2) is 0 Å². The lowest BCUT2D eigenvalue weighted by atomic mass is 9.81. The van der Waals surface area contributed by atoms with Gasteiger partial charge in [-0.25, -0.2) is 0 Å². The minimum atomic E-state index is -0.0576. The van der Waals surface area contributed by atoms with Gasteiger partial charge in [0.25, 0.3) is 0 Å². The van der Waals surface area contributed by atoms with Crippen LogP contribution in [0.1, 0.15) is 31.4 Å². The molecule has 2 aliphatic heterocycles. The highest BCUT2D eigenvalue weighted by molar-refractivity contribution is 5.48. The Bertz CT molecular complexity index is 432. The van der Waals surface area contributed by atoms with Crippen LogP contribution in [0.2, 0.25) is 0 Å². The third kappa shape index (κ3) is 1.31. The molecule has 1 aromatic carbocycles. The zero-order valence-corrected chi connectivity index (χ0v) is 9.73. The number of piperidine rings is 1. The van der Waals surface area contributed by atoms with E-state index in [4.69, 9.17) is 4.74 Å². The number of fused-ring (bicyclic) bond motifs is 4. The first-order chi connectivity index (χ1) is 7.59. The number of likely N-dealkylation sites (tertiary alicyclic amines) is 1. The molecule has 1 saturated heterocycles. The molecule has 3 nitrogen and oxygen atoms in total. The van der Waals surface area contributed by atoms with Gasteiger partial charge in [0, 0.05) is 19.0 Å². The van der Waals surface area contributed by atoms with Crippen LogP contribution in [0.15, 0.2) is 18.2 Å². The molecule has 3 rings (SSSR count). The lowest BCUT2D eigenvalue weighted by molar-refractivity contribution is -0.0281. The minimum Gasteiger partial charge on any atom is -0.507 e. The number of ether oxygens (including phenoxy) is 1. The van der Waals surface area contributed by atoms with Gasteiger partial charge in [-0.3, -0.25) is 4.90 Å². The minimum absolute atomic E-state index is 0.0576. The Labute approximate surface area is 95.6 Å². The Morgan fingerprint density at radius 3 is 3.12 bits per heavy atom. The van der Waals surface area contributed by atoms with Gasteiger partial charge in [-0.2, -0.15) is 0 Å². The summed E-state index contributed by atoms with van der Waals surface area (Å²) < 4.78 is 6.03. The maximum absolute atomic E-state index is 9.96. The second kappa shape index (κ2) is 3.14. The molecule has 0 aromatic heterocycles. The Balaban J connectivity index is 2.14. The summed E-state index contributed by atoms with van der Waals surface area (Å²) in [6.45, 7) is 3.19. The van der Waals surface area contributed by atoms with Crippen LogP contribution in [-0.4, -0.2) is 29.2 Å². The molecule has 1 fully saturated rings. The monoisotopic (exact) mass is 219 g/mol. The van der Waals surface area contributed by atoms with Crippen molar-refractivity contribution in [1.29, 1.82) is 0 Å². The van der Waals surface area contributed by atoms with E-state index in [1.807, 2.05) is 12.1 Å². The topological polar surface area (TPSA) is 32.7 Å². The second-order valence-corrected chi connectivity index (χ2v) is 5.19. The van der Waals surface area contributed by atoms with Gasteiger partial charge in [0.1, 0.15) is 17.1 Å². The third-order valence-electron chi connectivity index (χ3n) is 3.88. The van der Waals surface area contributed by atoms with Crippen LogP contribution in [0.25, 0.3) is 0 Å². The summed E-state index contributed by atoms with van der Waals surface area (Å²) in [6, 6.07) is 5.84. The highest BCUT2D eigenvalue weighted by Gasteiger charge is 2.43. The smallest absolute Gasteiger partial charge is 0.128 e. The van der Waals surface area contributed by atoms with Gasteiger partial charge in [0.2, 0.25) is 0 Å². The average Bonchev–Trinajstić information content (AvgIpc) is 2.23. The quantitative estimate of drug-likeness (QED) is 0.726. The summed E-state index contributed by atoms with van der Waals surface area (Å²) in [7, 11) is 2.12. The lowest BCUT2D eigenvalue weighted by Gasteiger charge is -2.48. The molecule has 2 atom stereocenters. The number of benzene rings is 1. The van der Waals surface area contributed by atoms with E-state index in [0.717, 1.165) is 30.7 Å². The number of phenolic OH excluding ortho intramolecular Hbond substituents is 1. The molecule has 2 heterocycles.